The fourth-order valence-corrected chi connectivity index (χ4v) is 2.29. The third-order valence-electron chi connectivity index (χ3n) is 3.41. The van der Waals surface area contributed by atoms with Crippen molar-refractivity contribution in [2.45, 2.75) is 44.3 Å². The number of carboxylic acids is 1. The Kier molecular flexibility index (Phi) is 4.64. The number of rotatable bonds is 5. The van der Waals surface area contributed by atoms with E-state index in [0.29, 0.717) is 6.42 Å². The van der Waals surface area contributed by atoms with Gasteiger partial charge in [0.25, 0.3) is 0 Å². The number of carbonyl (C=O) groups is 1. The Labute approximate surface area is 93.0 Å². The van der Waals surface area contributed by atoms with Crippen molar-refractivity contribution < 1.29 is 9.90 Å². The molecule has 0 spiro atoms. The Balaban J connectivity index is 2.65. The van der Waals surface area contributed by atoms with Crippen LogP contribution in [0.4, 0.5) is 0 Å². The van der Waals surface area contributed by atoms with E-state index in [4.69, 9.17) is 7.85 Å². The second-order valence-electron chi connectivity index (χ2n) is 4.47. The van der Waals surface area contributed by atoms with Crippen molar-refractivity contribution >= 4 is 13.8 Å². The monoisotopic (exact) mass is 209 g/mol. The first-order valence-corrected chi connectivity index (χ1v) is 5.84. The molecule has 1 aliphatic rings. The third-order valence-corrected chi connectivity index (χ3v) is 3.41. The highest BCUT2D eigenvalue weighted by atomic mass is 16.4. The Morgan fingerprint density at radius 3 is 2.60 bits per heavy atom. The summed E-state index contributed by atoms with van der Waals surface area (Å²) in [6.45, 7) is 3.84. The Morgan fingerprint density at radius 2 is 2.13 bits per heavy atom. The molecule has 0 aromatic carbocycles. The van der Waals surface area contributed by atoms with E-state index in [-0.39, 0.29) is 5.92 Å². The van der Waals surface area contributed by atoms with Gasteiger partial charge >= 0.3 is 5.97 Å². The number of unbranched alkanes of at least 4 members (excludes halogenated alkanes) is 1. The van der Waals surface area contributed by atoms with Crippen molar-refractivity contribution in [2.75, 3.05) is 13.1 Å². The van der Waals surface area contributed by atoms with Crippen LogP contribution in [0.25, 0.3) is 0 Å². The van der Waals surface area contributed by atoms with Crippen LogP contribution in [0, 0.1) is 5.92 Å². The van der Waals surface area contributed by atoms with Crippen LogP contribution in [0.3, 0.4) is 0 Å². The predicted octanol–water partition coefficient (Wildman–Crippen LogP) is 1.59. The van der Waals surface area contributed by atoms with Gasteiger partial charge < -0.3 is 10.4 Å². The van der Waals surface area contributed by atoms with E-state index in [1.807, 2.05) is 0 Å². The summed E-state index contributed by atoms with van der Waals surface area (Å²) in [5.74, 6) is -0.703. The maximum Gasteiger partial charge on any atom is 0.300 e. The van der Waals surface area contributed by atoms with Crippen molar-refractivity contribution in [3.63, 3.8) is 0 Å². The second-order valence-corrected chi connectivity index (χ2v) is 4.47. The molecule has 2 radical (unpaired) electrons. The van der Waals surface area contributed by atoms with Crippen molar-refractivity contribution in [1.82, 2.24) is 5.32 Å². The van der Waals surface area contributed by atoms with Gasteiger partial charge in [0.05, 0.1) is 7.85 Å². The molecular weight excluding hydrogens is 189 g/mol. The minimum atomic E-state index is -1.00. The zero-order valence-corrected chi connectivity index (χ0v) is 9.46. The predicted molar refractivity (Wildman–Crippen MR) is 61.2 cm³/mol. The van der Waals surface area contributed by atoms with Crippen molar-refractivity contribution in [3.05, 3.63) is 0 Å². The fourth-order valence-electron chi connectivity index (χ4n) is 2.29. The summed E-state index contributed by atoms with van der Waals surface area (Å²) in [5.41, 5.74) is 0. The number of nitrogens with one attached hydrogen (secondary N) is 1. The summed E-state index contributed by atoms with van der Waals surface area (Å²) in [5, 5.41) is 11.5. The van der Waals surface area contributed by atoms with Crippen LogP contribution in [-0.4, -0.2) is 32.0 Å². The van der Waals surface area contributed by atoms with E-state index in [1.165, 1.54) is 0 Å². The number of hydrogen-bond donors (Lipinski definition) is 2. The molecule has 0 aromatic heterocycles. The minimum Gasteiger partial charge on any atom is -0.481 e. The highest BCUT2D eigenvalue weighted by Gasteiger charge is 2.40. The SMILES string of the molecule is [B]C(CCCC)(C(=O)O)C1CCNCC1. The lowest BCUT2D eigenvalue weighted by atomic mass is 9.56. The first-order valence-electron chi connectivity index (χ1n) is 5.84. The average Bonchev–Trinajstić information content (AvgIpc) is 2.27. The van der Waals surface area contributed by atoms with Crippen LogP contribution in [0.1, 0.15) is 39.0 Å². The maximum absolute atomic E-state index is 11.3. The molecule has 1 unspecified atom stereocenters. The van der Waals surface area contributed by atoms with Gasteiger partial charge in [-0.2, -0.15) is 0 Å². The standard InChI is InChI=1S/C11H20BNO2/c1-2-3-6-11(12,10(14)15)9-4-7-13-8-5-9/h9,13H,2-8H2,1H3,(H,14,15). The number of hydrogen-bond acceptors (Lipinski definition) is 2. The highest BCUT2D eigenvalue weighted by Crippen LogP contribution is 2.42. The molecule has 1 aliphatic heterocycles. The first-order chi connectivity index (χ1) is 7.11. The quantitative estimate of drug-likeness (QED) is 0.676. The molecule has 1 fully saturated rings. The molecule has 3 nitrogen and oxygen atoms in total. The second kappa shape index (κ2) is 5.54. The number of carboxylic acid groups (broad SMARTS) is 1. The topological polar surface area (TPSA) is 49.3 Å². The zero-order valence-electron chi connectivity index (χ0n) is 9.46. The van der Waals surface area contributed by atoms with Crippen LogP contribution in [0.5, 0.6) is 0 Å². The smallest absolute Gasteiger partial charge is 0.300 e. The van der Waals surface area contributed by atoms with E-state index in [0.717, 1.165) is 38.8 Å². The Bertz CT molecular complexity index is 217. The fraction of sp³-hybridized carbons (Fsp3) is 0.909. The van der Waals surface area contributed by atoms with Crippen LogP contribution >= 0.6 is 0 Å². The summed E-state index contributed by atoms with van der Waals surface area (Å²) in [6.07, 6.45) is 4.26. The normalized spacial score (nSPS) is 22.2. The molecule has 1 rings (SSSR count). The van der Waals surface area contributed by atoms with Crippen molar-refractivity contribution in [2.24, 2.45) is 5.92 Å². The molecule has 1 saturated heterocycles. The van der Waals surface area contributed by atoms with Gasteiger partial charge in [-0.15, -0.1) is 0 Å². The van der Waals surface area contributed by atoms with Gasteiger partial charge in [-0.1, -0.05) is 19.8 Å². The van der Waals surface area contributed by atoms with Crippen LogP contribution in [-0.2, 0) is 4.79 Å². The Hall–Kier alpha value is -0.505. The largest absolute Gasteiger partial charge is 0.481 e. The first kappa shape index (κ1) is 12.6. The molecule has 1 heterocycles. The summed E-state index contributed by atoms with van der Waals surface area (Å²) < 4.78 is 0. The van der Waals surface area contributed by atoms with Crippen molar-refractivity contribution in [3.8, 4) is 0 Å². The summed E-state index contributed by atoms with van der Waals surface area (Å²) in [4.78, 5) is 11.3. The van der Waals surface area contributed by atoms with E-state index in [9.17, 15) is 9.90 Å². The van der Waals surface area contributed by atoms with Gasteiger partial charge in [-0.3, -0.25) is 4.79 Å². The summed E-state index contributed by atoms with van der Waals surface area (Å²) >= 11 is 0. The van der Waals surface area contributed by atoms with Crippen LogP contribution in [0.2, 0.25) is 5.31 Å². The van der Waals surface area contributed by atoms with Gasteiger partial charge in [0.15, 0.2) is 0 Å². The van der Waals surface area contributed by atoms with Gasteiger partial charge in [-0.25, -0.2) is 0 Å². The van der Waals surface area contributed by atoms with E-state index in [1.54, 1.807) is 0 Å². The molecule has 4 heteroatoms. The molecule has 0 saturated carbocycles. The average molecular weight is 209 g/mol. The minimum absolute atomic E-state index is 0.128. The summed E-state index contributed by atoms with van der Waals surface area (Å²) in [7, 11) is 6.07. The zero-order chi connectivity index (χ0) is 11.3. The van der Waals surface area contributed by atoms with Gasteiger partial charge in [0.2, 0.25) is 0 Å². The molecule has 84 valence electrons. The van der Waals surface area contributed by atoms with E-state index >= 15 is 0 Å². The van der Waals surface area contributed by atoms with E-state index in [2.05, 4.69) is 12.2 Å². The third kappa shape index (κ3) is 2.97. The molecule has 0 bridgehead atoms. The lowest BCUT2D eigenvalue weighted by molar-refractivity contribution is -0.143. The maximum atomic E-state index is 11.3. The lowest BCUT2D eigenvalue weighted by Crippen LogP contribution is -2.39. The van der Waals surface area contributed by atoms with Gasteiger partial charge in [0.1, 0.15) is 0 Å². The molecule has 0 amide bonds. The number of aliphatic carboxylic acids is 1. The molecule has 2 N–H and O–H groups in total. The lowest BCUT2D eigenvalue weighted by Gasteiger charge is -2.37. The molecular formula is C11H20BNO2. The molecule has 1 atom stereocenters. The van der Waals surface area contributed by atoms with E-state index < -0.39 is 11.3 Å². The molecule has 15 heavy (non-hydrogen) atoms. The Morgan fingerprint density at radius 1 is 1.53 bits per heavy atom. The molecule has 0 aromatic rings. The number of piperidine rings is 1. The van der Waals surface area contributed by atoms with Crippen molar-refractivity contribution in [1.29, 1.82) is 0 Å². The highest BCUT2D eigenvalue weighted by molar-refractivity contribution is 6.26. The van der Waals surface area contributed by atoms with Crippen LogP contribution in [0.15, 0.2) is 0 Å². The van der Waals surface area contributed by atoms with Gasteiger partial charge in [0, 0.05) is 5.31 Å². The van der Waals surface area contributed by atoms with Gasteiger partial charge in [-0.05, 0) is 38.3 Å². The molecule has 0 aliphatic carbocycles. The summed E-state index contributed by atoms with van der Waals surface area (Å²) in [6, 6.07) is 0. The van der Waals surface area contributed by atoms with Crippen LogP contribution < -0.4 is 5.32 Å².